The SMILES string of the molecule is C[C@@H](c1ccc(-n2cncn2)cc1)N(C)Cc1cc(=O)n2ccsc2n1. The van der Waals surface area contributed by atoms with Gasteiger partial charge in [0.2, 0.25) is 0 Å². The minimum atomic E-state index is -0.0375. The summed E-state index contributed by atoms with van der Waals surface area (Å²) in [6.45, 7) is 2.75. The lowest BCUT2D eigenvalue weighted by Gasteiger charge is -2.24. The van der Waals surface area contributed by atoms with Crippen LogP contribution in [0.3, 0.4) is 0 Å². The average molecular weight is 366 g/mol. The Morgan fingerprint density at radius 2 is 2.08 bits per heavy atom. The average Bonchev–Trinajstić information content (AvgIpc) is 3.33. The third kappa shape index (κ3) is 3.16. The number of fused-ring (bicyclic) bond motifs is 1. The predicted octanol–water partition coefficient (Wildman–Crippen LogP) is 2.53. The van der Waals surface area contributed by atoms with Crippen molar-refractivity contribution in [1.29, 1.82) is 0 Å². The van der Waals surface area contributed by atoms with E-state index >= 15 is 0 Å². The van der Waals surface area contributed by atoms with Crippen LogP contribution in [0.4, 0.5) is 0 Å². The molecule has 7 nitrogen and oxygen atoms in total. The summed E-state index contributed by atoms with van der Waals surface area (Å²) in [5, 5.41) is 6.01. The van der Waals surface area contributed by atoms with Crippen LogP contribution in [0.5, 0.6) is 0 Å². The van der Waals surface area contributed by atoms with Crippen molar-refractivity contribution in [3.63, 3.8) is 0 Å². The van der Waals surface area contributed by atoms with Crippen LogP contribution in [0.25, 0.3) is 10.6 Å². The van der Waals surface area contributed by atoms with E-state index in [0.717, 1.165) is 16.3 Å². The lowest BCUT2D eigenvalue weighted by Crippen LogP contribution is -2.24. The van der Waals surface area contributed by atoms with E-state index in [4.69, 9.17) is 0 Å². The molecule has 0 unspecified atom stereocenters. The Morgan fingerprint density at radius 1 is 1.27 bits per heavy atom. The topological polar surface area (TPSA) is 68.3 Å². The molecule has 0 fully saturated rings. The first kappa shape index (κ1) is 16.6. The van der Waals surface area contributed by atoms with Crippen molar-refractivity contribution in [3.8, 4) is 5.69 Å². The van der Waals surface area contributed by atoms with Crippen LogP contribution in [0, 0.1) is 0 Å². The molecule has 3 aromatic heterocycles. The molecule has 0 saturated heterocycles. The zero-order valence-electron chi connectivity index (χ0n) is 14.5. The monoisotopic (exact) mass is 366 g/mol. The highest BCUT2D eigenvalue weighted by Crippen LogP contribution is 2.21. The van der Waals surface area contributed by atoms with Crippen LogP contribution < -0.4 is 5.56 Å². The molecular weight excluding hydrogens is 348 g/mol. The van der Waals surface area contributed by atoms with Crippen molar-refractivity contribution in [2.75, 3.05) is 7.05 Å². The maximum atomic E-state index is 12.1. The molecule has 0 amide bonds. The minimum Gasteiger partial charge on any atom is -0.294 e. The van der Waals surface area contributed by atoms with E-state index in [9.17, 15) is 4.79 Å². The summed E-state index contributed by atoms with van der Waals surface area (Å²) in [6, 6.07) is 10.0. The number of thiazole rings is 1. The second-order valence-corrected chi connectivity index (χ2v) is 7.04. The van der Waals surface area contributed by atoms with Gasteiger partial charge in [0.05, 0.1) is 11.4 Å². The quantitative estimate of drug-likeness (QED) is 0.543. The van der Waals surface area contributed by atoms with E-state index in [1.165, 1.54) is 23.2 Å². The number of hydrogen-bond donors (Lipinski definition) is 0. The van der Waals surface area contributed by atoms with Crippen molar-refractivity contribution in [1.82, 2.24) is 29.0 Å². The Morgan fingerprint density at radius 3 is 2.81 bits per heavy atom. The van der Waals surface area contributed by atoms with E-state index in [2.05, 4.69) is 39.0 Å². The Bertz CT molecular complexity index is 1070. The van der Waals surface area contributed by atoms with Gasteiger partial charge in [-0.1, -0.05) is 12.1 Å². The van der Waals surface area contributed by atoms with Crippen LogP contribution in [-0.2, 0) is 6.54 Å². The summed E-state index contributed by atoms with van der Waals surface area (Å²) < 4.78 is 3.30. The van der Waals surface area contributed by atoms with Gasteiger partial charge in [0, 0.05) is 30.2 Å². The number of nitrogens with zero attached hydrogens (tertiary/aromatic N) is 6. The Labute approximate surface area is 154 Å². The molecule has 26 heavy (non-hydrogen) atoms. The summed E-state index contributed by atoms with van der Waals surface area (Å²) in [7, 11) is 2.04. The van der Waals surface area contributed by atoms with Gasteiger partial charge in [0.15, 0.2) is 4.96 Å². The molecule has 4 aromatic rings. The first-order valence-electron chi connectivity index (χ1n) is 8.23. The molecule has 0 aliphatic carbocycles. The standard InChI is InChI=1S/C18H18N6OS/c1-13(14-3-5-16(6-4-14)24-12-19-11-20-24)22(2)10-15-9-17(25)23-7-8-26-18(23)21-15/h3-9,11-13H,10H2,1-2H3/t13-/m0/s1. The Kier molecular flexibility index (Phi) is 4.36. The predicted molar refractivity (Wildman–Crippen MR) is 101 cm³/mol. The maximum absolute atomic E-state index is 12.1. The third-order valence-corrected chi connectivity index (χ3v) is 5.24. The highest BCUT2D eigenvalue weighted by atomic mass is 32.1. The highest BCUT2D eigenvalue weighted by molar-refractivity contribution is 7.15. The van der Waals surface area contributed by atoms with E-state index in [-0.39, 0.29) is 11.6 Å². The van der Waals surface area contributed by atoms with Crippen molar-refractivity contribution in [3.05, 3.63) is 76.2 Å². The molecule has 0 N–H and O–H groups in total. The largest absolute Gasteiger partial charge is 0.294 e. The first-order chi connectivity index (χ1) is 12.6. The summed E-state index contributed by atoms with van der Waals surface area (Å²) in [5.74, 6) is 0. The molecule has 0 radical (unpaired) electrons. The van der Waals surface area contributed by atoms with Crippen molar-refractivity contribution < 1.29 is 0 Å². The molecule has 8 heteroatoms. The van der Waals surface area contributed by atoms with Crippen LogP contribution in [0.1, 0.15) is 24.2 Å². The zero-order valence-corrected chi connectivity index (χ0v) is 15.3. The van der Waals surface area contributed by atoms with E-state index in [1.54, 1.807) is 27.7 Å². The molecule has 1 aromatic carbocycles. The first-order valence-corrected chi connectivity index (χ1v) is 9.11. The lowest BCUT2D eigenvalue weighted by molar-refractivity contribution is 0.250. The number of benzene rings is 1. The molecule has 132 valence electrons. The summed E-state index contributed by atoms with van der Waals surface area (Å²) in [5.41, 5.74) is 2.90. The highest BCUT2D eigenvalue weighted by Gasteiger charge is 2.14. The van der Waals surface area contributed by atoms with Gasteiger partial charge in [-0.05, 0) is 31.7 Å². The van der Waals surface area contributed by atoms with Crippen molar-refractivity contribution in [2.24, 2.45) is 0 Å². The van der Waals surface area contributed by atoms with Crippen LogP contribution >= 0.6 is 11.3 Å². The van der Waals surface area contributed by atoms with Gasteiger partial charge in [-0.3, -0.25) is 14.1 Å². The Hall–Kier alpha value is -2.84. The van der Waals surface area contributed by atoms with Crippen LogP contribution in [0.15, 0.2) is 59.4 Å². The molecule has 3 heterocycles. The minimum absolute atomic E-state index is 0.0375. The van der Waals surface area contributed by atoms with E-state index in [1.807, 2.05) is 24.6 Å². The molecule has 0 spiro atoms. The fourth-order valence-corrected chi connectivity index (χ4v) is 3.60. The molecule has 0 aliphatic heterocycles. The number of aromatic nitrogens is 5. The van der Waals surface area contributed by atoms with Crippen molar-refractivity contribution >= 4 is 16.3 Å². The van der Waals surface area contributed by atoms with Gasteiger partial charge in [0.1, 0.15) is 12.7 Å². The smallest absolute Gasteiger partial charge is 0.258 e. The molecule has 0 saturated carbocycles. The maximum Gasteiger partial charge on any atom is 0.258 e. The summed E-state index contributed by atoms with van der Waals surface area (Å²) in [6.07, 6.45) is 4.95. The van der Waals surface area contributed by atoms with Gasteiger partial charge < -0.3 is 0 Å². The second-order valence-electron chi connectivity index (χ2n) is 6.16. The van der Waals surface area contributed by atoms with Crippen LogP contribution in [-0.4, -0.2) is 36.1 Å². The summed E-state index contributed by atoms with van der Waals surface area (Å²) in [4.78, 5) is 23.6. The van der Waals surface area contributed by atoms with E-state index in [0.29, 0.717) is 6.54 Å². The molecule has 0 aliphatic rings. The van der Waals surface area contributed by atoms with Gasteiger partial charge in [-0.15, -0.1) is 11.3 Å². The van der Waals surface area contributed by atoms with Gasteiger partial charge in [0.25, 0.3) is 5.56 Å². The summed E-state index contributed by atoms with van der Waals surface area (Å²) >= 11 is 1.47. The van der Waals surface area contributed by atoms with Gasteiger partial charge in [-0.25, -0.2) is 14.6 Å². The van der Waals surface area contributed by atoms with Gasteiger partial charge >= 0.3 is 0 Å². The number of hydrogen-bond acceptors (Lipinski definition) is 6. The normalized spacial score (nSPS) is 12.7. The fourth-order valence-electron chi connectivity index (χ4n) is 2.86. The number of rotatable bonds is 5. The second kappa shape index (κ2) is 6.81. The molecule has 4 rings (SSSR count). The third-order valence-electron chi connectivity index (χ3n) is 4.49. The van der Waals surface area contributed by atoms with Gasteiger partial charge in [-0.2, -0.15) is 5.10 Å². The molecule has 0 bridgehead atoms. The lowest BCUT2D eigenvalue weighted by atomic mass is 10.1. The van der Waals surface area contributed by atoms with Crippen LogP contribution in [0.2, 0.25) is 0 Å². The molecular formula is C18H18N6OS. The molecule has 1 atom stereocenters. The zero-order chi connectivity index (χ0) is 18.1. The van der Waals surface area contributed by atoms with E-state index < -0.39 is 0 Å². The fraction of sp³-hybridized carbons (Fsp3) is 0.222. The Balaban J connectivity index is 1.51. The van der Waals surface area contributed by atoms with Crippen molar-refractivity contribution in [2.45, 2.75) is 19.5 Å².